The van der Waals surface area contributed by atoms with Gasteiger partial charge in [-0.15, -0.1) is 0 Å². The lowest BCUT2D eigenvalue weighted by atomic mass is 9.93. The minimum absolute atomic E-state index is 0.0634. The summed E-state index contributed by atoms with van der Waals surface area (Å²) >= 11 is 0. The number of carbonyl (C=O) groups excluding carboxylic acids is 1. The molecule has 0 spiro atoms. The zero-order valence-electron chi connectivity index (χ0n) is 16.8. The Morgan fingerprint density at radius 2 is 1.79 bits per heavy atom. The Kier molecular flexibility index (Phi) is 6.91. The predicted octanol–water partition coefficient (Wildman–Crippen LogP) is 2.12. The van der Waals surface area contributed by atoms with Gasteiger partial charge in [-0.3, -0.25) is 14.6 Å². The largest absolute Gasteiger partial charge is 0.481 e. The van der Waals surface area contributed by atoms with E-state index in [1.54, 1.807) is 4.90 Å². The number of amides is 1. The number of likely N-dealkylation sites (tertiary alicyclic amines) is 1. The van der Waals surface area contributed by atoms with E-state index in [1.165, 1.54) is 0 Å². The van der Waals surface area contributed by atoms with Crippen LogP contribution in [0.1, 0.15) is 25.8 Å². The fourth-order valence-electron chi connectivity index (χ4n) is 4.09. The van der Waals surface area contributed by atoms with Gasteiger partial charge in [-0.05, 0) is 25.8 Å². The topological polar surface area (TPSA) is 73.3 Å². The van der Waals surface area contributed by atoms with Crippen molar-refractivity contribution in [2.45, 2.75) is 39.0 Å². The second kappa shape index (κ2) is 9.39. The van der Waals surface area contributed by atoms with Gasteiger partial charge in [0.05, 0.1) is 5.92 Å². The summed E-state index contributed by atoms with van der Waals surface area (Å²) in [7, 11) is 0. The molecule has 2 unspecified atom stereocenters. The van der Waals surface area contributed by atoms with Gasteiger partial charge in [0.25, 0.3) is 0 Å². The molecule has 154 valence electrons. The summed E-state index contributed by atoms with van der Waals surface area (Å²) in [6.07, 6.45) is 0.153. The predicted molar refractivity (Wildman–Crippen MR) is 106 cm³/mol. The Morgan fingerprint density at radius 3 is 2.39 bits per heavy atom. The molecule has 28 heavy (non-hydrogen) atoms. The molecule has 2 saturated heterocycles. The molecule has 1 aromatic rings. The van der Waals surface area contributed by atoms with Gasteiger partial charge < -0.3 is 14.7 Å². The molecule has 7 nitrogen and oxygen atoms in total. The lowest BCUT2D eigenvalue weighted by Gasteiger charge is -2.45. The summed E-state index contributed by atoms with van der Waals surface area (Å²) < 4.78 is 5.45. The maximum Gasteiger partial charge on any atom is 0.410 e. The summed E-state index contributed by atoms with van der Waals surface area (Å²) in [5.41, 5.74) is 0.920. The van der Waals surface area contributed by atoms with Crippen LogP contribution in [0.2, 0.25) is 0 Å². The Labute approximate surface area is 166 Å². The molecule has 0 radical (unpaired) electrons. The fraction of sp³-hybridized carbons (Fsp3) is 0.619. The van der Waals surface area contributed by atoms with Crippen molar-refractivity contribution in [1.82, 2.24) is 14.7 Å². The molecule has 0 saturated carbocycles. The van der Waals surface area contributed by atoms with Gasteiger partial charge in [0.15, 0.2) is 0 Å². The summed E-state index contributed by atoms with van der Waals surface area (Å²) in [5, 5.41) is 9.57. The number of hydrogen-bond acceptors (Lipinski definition) is 5. The van der Waals surface area contributed by atoms with Crippen molar-refractivity contribution < 1.29 is 19.4 Å². The molecular weight excluding hydrogens is 358 g/mol. The van der Waals surface area contributed by atoms with E-state index in [2.05, 4.69) is 23.6 Å². The normalized spacial score (nSPS) is 24.3. The first-order valence-corrected chi connectivity index (χ1v) is 10.1. The number of benzene rings is 1. The van der Waals surface area contributed by atoms with E-state index >= 15 is 0 Å². The number of piperazine rings is 1. The van der Waals surface area contributed by atoms with E-state index in [-0.39, 0.29) is 19.2 Å². The first kappa shape index (κ1) is 20.6. The molecule has 2 aliphatic rings. The Balaban J connectivity index is 1.60. The van der Waals surface area contributed by atoms with Crippen molar-refractivity contribution >= 4 is 12.1 Å². The monoisotopic (exact) mass is 389 g/mol. The molecule has 2 fully saturated rings. The highest BCUT2D eigenvalue weighted by molar-refractivity contribution is 5.73. The van der Waals surface area contributed by atoms with E-state index in [0.29, 0.717) is 19.0 Å². The molecule has 2 heterocycles. The fourth-order valence-corrected chi connectivity index (χ4v) is 4.09. The molecule has 1 N–H and O–H groups in total. The summed E-state index contributed by atoms with van der Waals surface area (Å²) in [6.45, 7) is 9.09. The third-order valence-corrected chi connectivity index (χ3v) is 5.84. The van der Waals surface area contributed by atoms with Crippen molar-refractivity contribution in [3.63, 3.8) is 0 Å². The molecule has 1 aromatic carbocycles. The minimum Gasteiger partial charge on any atom is -0.481 e. The standard InChI is InChI=1S/C21H31N3O4/c1-16(2)22-8-10-23(11-9-22)19-12-18(20(25)26)13-24(14-19)21(27)28-15-17-6-4-3-5-7-17/h3-7,16,18-19H,8-15H2,1-2H3,(H,25,26). The third kappa shape index (κ3) is 5.23. The number of piperidine rings is 1. The van der Waals surface area contributed by atoms with Crippen molar-refractivity contribution in [3.05, 3.63) is 35.9 Å². The number of nitrogens with zero attached hydrogens (tertiary/aromatic N) is 3. The van der Waals surface area contributed by atoms with Gasteiger partial charge in [0.2, 0.25) is 0 Å². The zero-order chi connectivity index (χ0) is 20.1. The minimum atomic E-state index is -0.841. The number of carboxylic acid groups (broad SMARTS) is 1. The van der Waals surface area contributed by atoms with Crippen LogP contribution in [0.25, 0.3) is 0 Å². The lowest BCUT2D eigenvalue weighted by Crippen LogP contribution is -2.58. The molecule has 1 amide bonds. The van der Waals surface area contributed by atoms with Crippen LogP contribution in [0.4, 0.5) is 4.79 Å². The quantitative estimate of drug-likeness (QED) is 0.832. The number of rotatable bonds is 5. The summed E-state index contributed by atoms with van der Waals surface area (Å²) in [6, 6.07) is 10.1. The maximum atomic E-state index is 12.6. The lowest BCUT2D eigenvalue weighted by molar-refractivity contribution is -0.144. The first-order valence-electron chi connectivity index (χ1n) is 10.1. The van der Waals surface area contributed by atoms with Crippen LogP contribution in [0.15, 0.2) is 30.3 Å². The number of carbonyl (C=O) groups is 2. The van der Waals surface area contributed by atoms with Crippen LogP contribution < -0.4 is 0 Å². The van der Waals surface area contributed by atoms with E-state index in [0.717, 1.165) is 31.7 Å². The highest BCUT2D eigenvalue weighted by Crippen LogP contribution is 2.24. The molecule has 2 atom stereocenters. The molecule has 0 bridgehead atoms. The average Bonchev–Trinajstić information content (AvgIpc) is 2.72. The molecule has 3 rings (SSSR count). The average molecular weight is 389 g/mol. The van der Waals surface area contributed by atoms with E-state index in [1.807, 2.05) is 30.3 Å². The Bertz CT molecular complexity index is 659. The zero-order valence-corrected chi connectivity index (χ0v) is 16.8. The first-order chi connectivity index (χ1) is 13.4. The van der Waals surface area contributed by atoms with Crippen LogP contribution in [0.3, 0.4) is 0 Å². The molecule has 7 heteroatoms. The number of ether oxygens (including phenoxy) is 1. The molecule has 2 aliphatic heterocycles. The second-order valence-corrected chi connectivity index (χ2v) is 8.04. The highest BCUT2D eigenvalue weighted by Gasteiger charge is 2.38. The van der Waals surface area contributed by atoms with Crippen LogP contribution in [0, 0.1) is 5.92 Å². The molecule has 0 aromatic heterocycles. The van der Waals surface area contributed by atoms with Crippen molar-refractivity contribution in [1.29, 1.82) is 0 Å². The number of hydrogen-bond donors (Lipinski definition) is 1. The molecular formula is C21H31N3O4. The SMILES string of the molecule is CC(C)N1CCN(C2CC(C(=O)O)CN(C(=O)OCc3ccccc3)C2)CC1. The van der Waals surface area contributed by atoms with E-state index in [4.69, 9.17) is 4.74 Å². The van der Waals surface area contributed by atoms with Crippen LogP contribution in [-0.4, -0.2) is 83.2 Å². The molecule has 0 aliphatic carbocycles. The van der Waals surface area contributed by atoms with Crippen LogP contribution >= 0.6 is 0 Å². The highest BCUT2D eigenvalue weighted by atomic mass is 16.6. The summed E-state index contributed by atoms with van der Waals surface area (Å²) in [5.74, 6) is -1.39. The third-order valence-electron chi connectivity index (χ3n) is 5.84. The van der Waals surface area contributed by atoms with Gasteiger partial charge >= 0.3 is 12.1 Å². The maximum absolute atomic E-state index is 12.6. The van der Waals surface area contributed by atoms with Gasteiger partial charge in [-0.25, -0.2) is 4.79 Å². The van der Waals surface area contributed by atoms with Crippen molar-refractivity contribution in [3.8, 4) is 0 Å². The Hall–Kier alpha value is -2.12. The summed E-state index contributed by atoms with van der Waals surface area (Å²) in [4.78, 5) is 30.6. The van der Waals surface area contributed by atoms with Gasteiger partial charge in [-0.1, -0.05) is 30.3 Å². The second-order valence-electron chi connectivity index (χ2n) is 8.04. The Morgan fingerprint density at radius 1 is 1.11 bits per heavy atom. The van der Waals surface area contributed by atoms with Crippen molar-refractivity contribution in [2.75, 3.05) is 39.3 Å². The van der Waals surface area contributed by atoms with Gasteiger partial charge in [0.1, 0.15) is 6.61 Å². The van der Waals surface area contributed by atoms with E-state index in [9.17, 15) is 14.7 Å². The van der Waals surface area contributed by atoms with E-state index < -0.39 is 18.0 Å². The van der Waals surface area contributed by atoms with Gasteiger partial charge in [0, 0.05) is 51.4 Å². The van der Waals surface area contributed by atoms with Crippen LogP contribution in [0.5, 0.6) is 0 Å². The smallest absolute Gasteiger partial charge is 0.410 e. The van der Waals surface area contributed by atoms with Crippen LogP contribution in [-0.2, 0) is 16.1 Å². The van der Waals surface area contributed by atoms with Crippen molar-refractivity contribution in [2.24, 2.45) is 5.92 Å². The van der Waals surface area contributed by atoms with Gasteiger partial charge in [-0.2, -0.15) is 0 Å². The number of carboxylic acids is 1. The number of aliphatic carboxylic acids is 1.